The van der Waals surface area contributed by atoms with Crippen LogP contribution in [0.5, 0.6) is 0 Å². The van der Waals surface area contributed by atoms with E-state index in [0.717, 1.165) is 17.0 Å². The molecule has 118 valence electrons. The summed E-state index contributed by atoms with van der Waals surface area (Å²) >= 11 is 0. The molecular weight excluding hydrogens is 286 g/mol. The number of hydrogen-bond acceptors (Lipinski definition) is 4. The lowest BCUT2D eigenvalue weighted by Gasteiger charge is -2.16. The topological polar surface area (TPSA) is 93.2 Å². The van der Waals surface area contributed by atoms with E-state index in [-0.39, 0.29) is 18.1 Å². The predicted octanol–water partition coefficient (Wildman–Crippen LogP) is 0.590. The van der Waals surface area contributed by atoms with Crippen LogP contribution in [0.1, 0.15) is 27.4 Å². The van der Waals surface area contributed by atoms with Gasteiger partial charge in [-0.3, -0.25) is 19.0 Å². The lowest BCUT2D eigenvalue weighted by atomic mass is 10.2. The third-order valence-corrected chi connectivity index (χ3v) is 3.56. The molecule has 1 N–H and O–H groups in total. The minimum atomic E-state index is -1.00. The van der Waals surface area contributed by atoms with E-state index in [9.17, 15) is 9.59 Å². The number of carboxylic acid groups (broad SMARTS) is 1. The molecule has 0 radical (unpaired) electrons. The number of amides is 1. The van der Waals surface area contributed by atoms with E-state index in [2.05, 4.69) is 10.2 Å². The maximum atomic E-state index is 12.4. The monoisotopic (exact) mass is 305 g/mol. The second kappa shape index (κ2) is 6.00. The van der Waals surface area contributed by atoms with Crippen molar-refractivity contribution >= 4 is 11.9 Å². The first kappa shape index (κ1) is 15.7. The number of carbonyl (C=O) groups excluding carboxylic acids is 1. The number of aryl methyl sites for hydroxylation is 2. The first-order chi connectivity index (χ1) is 10.3. The van der Waals surface area contributed by atoms with Crippen LogP contribution in [-0.2, 0) is 24.9 Å². The molecule has 2 aromatic rings. The summed E-state index contributed by atoms with van der Waals surface area (Å²) in [5.74, 6) is -1.26. The average molecular weight is 305 g/mol. The van der Waals surface area contributed by atoms with Crippen molar-refractivity contribution in [2.45, 2.75) is 26.9 Å². The maximum Gasteiger partial charge on any atom is 0.325 e. The maximum absolute atomic E-state index is 12.4. The zero-order valence-electron chi connectivity index (χ0n) is 13.1. The zero-order valence-corrected chi connectivity index (χ0v) is 13.1. The number of aromatic nitrogens is 4. The van der Waals surface area contributed by atoms with Gasteiger partial charge in [0.2, 0.25) is 0 Å². The fraction of sp³-hybridized carbons (Fsp3) is 0.429. The largest absolute Gasteiger partial charge is 0.480 e. The Morgan fingerprint density at radius 3 is 2.55 bits per heavy atom. The summed E-state index contributed by atoms with van der Waals surface area (Å²) in [6.45, 7) is 4.02. The third kappa shape index (κ3) is 3.16. The van der Waals surface area contributed by atoms with Gasteiger partial charge in [-0.2, -0.15) is 10.2 Å². The molecule has 0 aliphatic heterocycles. The van der Waals surface area contributed by atoms with Crippen molar-refractivity contribution in [3.05, 3.63) is 34.9 Å². The molecule has 0 spiro atoms. The van der Waals surface area contributed by atoms with E-state index < -0.39 is 5.97 Å². The lowest BCUT2D eigenvalue weighted by Crippen LogP contribution is -2.27. The van der Waals surface area contributed by atoms with Crippen LogP contribution in [0.15, 0.2) is 12.3 Å². The van der Waals surface area contributed by atoms with Crippen molar-refractivity contribution in [1.29, 1.82) is 0 Å². The van der Waals surface area contributed by atoms with Crippen LogP contribution in [0.3, 0.4) is 0 Å². The zero-order chi connectivity index (χ0) is 16.4. The van der Waals surface area contributed by atoms with E-state index in [4.69, 9.17) is 5.11 Å². The quantitative estimate of drug-likeness (QED) is 0.872. The first-order valence-corrected chi connectivity index (χ1v) is 6.79. The number of carboxylic acids is 1. The Balaban J connectivity index is 2.12. The molecule has 8 nitrogen and oxygen atoms in total. The number of carbonyl (C=O) groups is 2. The van der Waals surface area contributed by atoms with E-state index in [1.807, 2.05) is 20.9 Å². The van der Waals surface area contributed by atoms with Gasteiger partial charge in [0.1, 0.15) is 12.2 Å². The van der Waals surface area contributed by atoms with Crippen LogP contribution >= 0.6 is 0 Å². The molecule has 0 bridgehead atoms. The fourth-order valence-corrected chi connectivity index (χ4v) is 2.25. The summed E-state index contributed by atoms with van der Waals surface area (Å²) < 4.78 is 3.01. The first-order valence-electron chi connectivity index (χ1n) is 6.79. The summed E-state index contributed by atoms with van der Waals surface area (Å²) in [6.07, 6.45) is 1.48. The molecule has 1 amide bonds. The molecule has 0 saturated heterocycles. The van der Waals surface area contributed by atoms with E-state index in [1.54, 1.807) is 16.6 Å². The molecule has 0 aromatic carbocycles. The molecule has 0 aliphatic carbocycles. The minimum Gasteiger partial charge on any atom is -0.480 e. The molecule has 0 unspecified atom stereocenters. The van der Waals surface area contributed by atoms with Gasteiger partial charge in [0.25, 0.3) is 5.91 Å². The van der Waals surface area contributed by atoms with Crippen molar-refractivity contribution in [3.8, 4) is 0 Å². The van der Waals surface area contributed by atoms with Crippen molar-refractivity contribution in [2.75, 3.05) is 7.05 Å². The smallest absolute Gasteiger partial charge is 0.325 e. The van der Waals surface area contributed by atoms with Crippen molar-refractivity contribution in [1.82, 2.24) is 24.5 Å². The van der Waals surface area contributed by atoms with Crippen LogP contribution in [0.2, 0.25) is 0 Å². The van der Waals surface area contributed by atoms with Gasteiger partial charge in [-0.05, 0) is 19.9 Å². The summed E-state index contributed by atoms with van der Waals surface area (Å²) in [5.41, 5.74) is 3.12. The third-order valence-electron chi connectivity index (χ3n) is 3.56. The number of rotatable bonds is 5. The molecule has 2 aromatic heterocycles. The highest BCUT2D eigenvalue weighted by molar-refractivity contribution is 5.92. The van der Waals surface area contributed by atoms with Gasteiger partial charge in [-0.1, -0.05) is 0 Å². The summed E-state index contributed by atoms with van der Waals surface area (Å²) in [7, 11) is 3.55. The van der Waals surface area contributed by atoms with Gasteiger partial charge in [-0.25, -0.2) is 0 Å². The Morgan fingerprint density at radius 2 is 2.00 bits per heavy atom. The molecule has 22 heavy (non-hydrogen) atoms. The van der Waals surface area contributed by atoms with Crippen molar-refractivity contribution in [3.63, 3.8) is 0 Å². The molecule has 8 heteroatoms. The summed E-state index contributed by atoms with van der Waals surface area (Å²) in [6, 6.07) is 1.52. The second-order valence-corrected chi connectivity index (χ2v) is 5.23. The summed E-state index contributed by atoms with van der Waals surface area (Å²) in [5, 5.41) is 17.0. The van der Waals surface area contributed by atoms with Crippen LogP contribution in [0.4, 0.5) is 0 Å². The molecule has 0 aliphatic rings. The normalized spacial score (nSPS) is 10.7. The van der Waals surface area contributed by atoms with Crippen molar-refractivity contribution < 1.29 is 14.7 Å². The second-order valence-electron chi connectivity index (χ2n) is 5.23. The van der Waals surface area contributed by atoms with Gasteiger partial charge < -0.3 is 10.0 Å². The Kier molecular flexibility index (Phi) is 4.30. The number of aliphatic carboxylic acids is 1. The minimum absolute atomic E-state index is 0.225. The lowest BCUT2D eigenvalue weighted by molar-refractivity contribution is -0.137. The van der Waals surface area contributed by atoms with Gasteiger partial charge in [-0.15, -0.1) is 0 Å². The molecule has 2 rings (SSSR count). The summed E-state index contributed by atoms with van der Waals surface area (Å²) in [4.78, 5) is 24.5. The highest BCUT2D eigenvalue weighted by Gasteiger charge is 2.18. The van der Waals surface area contributed by atoms with Gasteiger partial charge >= 0.3 is 5.97 Å². The Morgan fingerprint density at radius 1 is 1.32 bits per heavy atom. The Hall–Kier alpha value is -2.64. The van der Waals surface area contributed by atoms with E-state index >= 15 is 0 Å². The molecule has 0 fully saturated rings. The number of nitrogens with zero attached hydrogens (tertiary/aromatic N) is 5. The number of hydrogen-bond donors (Lipinski definition) is 1. The van der Waals surface area contributed by atoms with E-state index in [0.29, 0.717) is 6.54 Å². The van der Waals surface area contributed by atoms with Gasteiger partial charge in [0.15, 0.2) is 0 Å². The van der Waals surface area contributed by atoms with Crippen LogP contribution in [0.25, 0.3) is 0 Å². The molecular formula is C14H19N5O3. The Bertz CT molecular complexity index is 716. The SMILES string of the molecule is Cc1nn(C)c(C)c1CN(C)C(=O)c1ccn(CC(=O)O)n1. The molecule has 0 atom stereocenters. The highest BCUT2D eigenvalue weighted by Crippen LogP contribution is 2.15. The predicted molar refractivity (Wildman–Crippen MR) is 78.3 cm³/mol. The average Bonchev–Trinajstić information content (AvgIpc) is 2.98. The fourth-order valence-electron chi connectivity index (χ4n) is 2.25. The van der Waals surface area contributed by atoms with Crippen LogP contribution in [0, 0.1) is 13.8 Å². The van der Waals surface area contributed by atoms with Crippen LogP contribution in [-0.4, -0.2) is 48.5 Å². The van der Waals surface area contributed by atoms with E-state index in [1.165, 1.54) is 16.9 Å². The standard InChI is InChI=1S/C14H19N5O3/c1-9-11(10(2)18(4)15-9)7-17(3)14(22)12-5-6-19(16-12)8-13(20)21/h5-6H,7-8H2,1-4H3,(H,20,21). The van der Waals surface area contributed by atoms with Crippen molar-refractivity contribution in [2.24, 2.45) is 7.05 Å². The molecule has 0 saturated carbocycles. The highest BCUT2D eigenvalue weighted by atomic mass is 16.4. The van der Waals surface area contributed by atoms with Gasteiger partial charge in [0.05, 0.1) is 5.69 Å². The van der Waals surface area contributed by atoms with Gasteiger partial charge in [0, 0.05) is 38.1 Å². The Labute approximate surface area is 127 Å². The molecule has 2 heterocycles. The van der Waals surface area contributed by atoms with Crippen LogP contribution < -0.4 is 0 Å².